The van der Waals surface area contributed by atoms with Gasteiger partial charge in [0.25, 0.3) is 0 Å². The number of morpholine rings is 1. The van der Waals surface area contributed by atoms with Crippen LogP contribution in [0.4, 0.5) is 4.39 Å². The van der Waals surface area contributed by atoms with Crippen LogP contribution in [0.2, 0.25) is 0 Å². The van der Waals surface area contributed by atoms with Gasteiger partial charge in [0.15, 0.2) is 5.82 Å². The van der Waals surface area contributed by atoms with Crippen LogP contribution in [0.15, 0.2) is 29.0 Å². The summed E-state index contributed by atoms with van der Waals surface area (Å²) in [6, 6.07) is 4.97. The Morgan fingerprint density at radius 1 is 1.50 bits per heavy atom. The lowest BCUT2D eigenvalue weighted by molar-refractivity contribution is 0.0742. The van der Waals surface area contributed by atoms with Gasteiger partial charge in [0.05, 0.1) is 30.3 Å². The smallest absolute Gasteiger partial charge is 0.169 e. The highest BCUT2D eigenvalue weighted by atomic mass is 79.9. The molecule has 0 aliphatic carbocycles. The van der Waals surface area contributed by atoms with Gasteiger partial charge in [0.2, 0.25) is 0 Å². The molecule has 2 heterocycles. The Kier molecular flexibility index (Phi) is 4.09. The van der Waals surface area contributed by atoms with Crippen molar-refractivity contribution in [1.29, 1.82) is 0 Å². The van der Waals surface area contributed by atoms with E-state index in [1.807, 2.05) is 0 Å². The molecule has 1 aliphatic heterocycles. The standard InChI is InChI=1S/C13H14BrFN4O/c14-10-5-9(1-2-11(10)15)6-19-8-17-13(18-19)12-7-20-4-3-16-12/h1-2,5,8,12,16H,3-4,6-7H2. The fourth-order valence-corrected chi connectivity index (χ4v) is 2.53. The molecule has 0 saturated carbocycles. The fraction of sp³-hybridized carbons (Fsp3) is 0.385. The van der Waals surface area contributed by atoms with Crippen molar-refractivity contribution in [3.63, 3.8) is 0 Å². The summed E-state index contributed by atoms with van der Waals surface area (Å²) in [4.78, 5) is 4.30. The molecule has 0 amide bonds. The number of ether oxygens (including phenoxy) is 1. The van der Waals surface area contributed by atoms with Crippen molar-refractivity contribution in [2.75, 3.05) is 19.8 Å². The minimum atomic E-state index is -0.267. The Labute approximate surface area is 124 Å². The van der Waals surface area contributed by atoms with Gasteiger partial charge in [-0.3, -0.25) is 0 Å². The molecule has 5 nitrogen and oxygen atoms in total. The van der Waals surface area contributed by atoms with Crippen molar-refractivity contribution < 1.29 is 9.13 Å². The highest BCUT2D eigenvalue weighted by molar-refractivity contribution is 9.10. The Bertz CT molecular complexity index is 598. The Hall–Kier alpha value is -1.31. The van der Waals surface area contributed by atoms with Crippen LogP contribution >= 0.6 is 15.9 Å². The highest BCUT2D eigenvalue weighted by Crippen LogP contribution is 2.17. The maximum absolute atomic E-state index is 13.2. The monoisotopic (exact) mass is 340 g/mol. The maximum atomic E-state index is 13.2. The molecule has 1 unspecified atom stereocenters. The molecule has 0 radical (unpaired) electrons. The molecule has 1 saturated heterocycles. The van der Waals surface area contributed by atoms with Crippen LogP contribution in [0.25, 0.3) is 0 Å². The minimum absolute atomic E-state index is 0.0463. The van der Waals surface area contributed by atoms with E-state index in [4.69, 9.17) is 4.74 Å². The highest BCUT2D eigenvalue weighted by Gasteiger charge is 2.19. The molecule has 3 rings (SSSR count). The first kappa shape index (κ1) is 13.7. The average molecular weight is 341 g/mol. The minimum Gasteiger partial charge on any atom is -0.378 e. The van der Waals surface area contributed by atoms with Gasteiger partial charge in [-0.15, -0.1) is 0 Å². The second-order valence-electron chi connectivity index (χ2n) is 4.63. The number of hydrogen-bond acceptors (Lipinski definition) is 4. The zero-order valence-corrected chi connectivity index (χ0v) is 12.3. The van der Waals surface area contributed by atoms with Crippen LogP contribution in [0.5, 0.6) is 0 Å². The largest absolute Gasteiger partial charge is 0.378 e. The van der Waals surface area contributed by atoms with Crippen LogP contribution in [-0.4, -0.2) is 34.5 Å². The summed E-state index contributed by atoms with van der Waals surface area (Å²) in [5.74, 6) is 0.461. The van der Waals surface area contributed by atoms with Crippen molar-refractivity contribution in [2.24, 2.45) is 0 Å². The van der Waals surface area contributed by atoms with Gasteiger partial charge in [-0.05, 0) is 33.6 Å². The van der Waals surface area contributed by atoms with Crippen LogP contribution in [0, 0.1) is 5.82 Å². The van der Waals surface area contributed by atoms with Crippen LogP contribution in [0.3, 0.4) is 0 Å². The molecule has 0 spiro atoms. The number of halogens is 2. The topological polar surface area (TPSA) is 52.0 Å². The van der Waals surface area contributed by atoms with Crippen molar-refractivity contribution in [3.05, 3.63) is 46.2 Å². The molecular formula is C13H14BrFN4O. The molecule has 1 N–H and O–H groups in total. The molecule has 1 atom stereocenters. The van der Waals surface area contributed by atoms with E-state index >= 15 is 0 Å². The van der Waals surface area contributed by atoms with Crippen molar-refractivity contribution in [3.8, 4) is 0 Å². The number of rotatable bonds is 3. The third kappa shape index (κ3) is 3.05. The quantitative estimate of drug-likeness (QED) is 0.926. The summed E-state index contributed by atoms with van der Waals surface area (Å²) in [5, 5.41) is 7.74. The summed E-state index contributed by atoms with van der Waals surface area (Å²) in [7, 11) is 0. The van der Waals surface area contributed by atoms with E-state index in [2.05, 4.69) is 31.3 Å². The van der Waals surface area contributed by atoms with E-state index in [-0.39, 0.29) is 11.9 Å². The summed E-state index contributed by atoms with van der Waals surface area (Å²) in [6.45, 7) is 2.68. The third-order valence-electron chi connectivity index (χ3n) is 3.12. The molecule has 2 aromatic rings. The molecule has 1 fully saturated rings. The maximum Gasteiger partial charge on any atom is 0.169 e. The predicted octanol–water partition coefficient (Wildman–Crippen LogP) is 1.89. The van der Waals surface area contributed by atoms with Gasteiger partial charge in [0, 0.05) is 6.54 Å². The summed E-state index contributed by atoms with van der Waals surface area (Å²) >= 11 is 3.18. The first-order chi connectivity index (χ1) is 9.72. The molecule has 7 heteroatoms. The average Bonchev–Trinajstić information content (AvgIpc) is 2.92. The summed E-state index contributed by atoms with van der Waals surface area (Å²) in [6.07, 6.45) is 1.68. The lowest BCUT2D eigenvalue weighted by Crippen LogP contribution is -2.35. The molecule has 106 valence electrons. The Morgan fingerprint density at radius 2 is 2.40 bits per heavy atom. The lowest BCUT2D eigenvalue weighted by atomic mass is 10.2. The van der Waals surface area contributed by atoms with Gasteiger partial charge < -0.3 is 10.1 Å². The first-order valence-electron chi connectivity index (χ1n) is 6.37. The number of hydrogen-bond donors (Lipinski definition) is 1. The Balaban J connectivity index is 1.71. The fourth-order valence-electron chi connectivity index (χ4n) is 2.10. The second-order valence-corrected chi connectivity index (χ2v) is 5.48. The normalized spacial score (nSPS) is 19.2. The zero-order valence-electron chi connectivity index (χ0n) is 10.7. The van der Waals surface area contributed by atoms with Crippen molar-refractivity contribution in [2.45, 2.75) is 12.6 Å². The zero-order chi connectivity index (χ0) is 13.9. The van der Waals surface area contributed by atoms with E-state index in [9.17, 15) is 4.39 Å². The van der Waals surface area contributed by atoms with Gasteiger partial charge in [-0.1, -0.05) is 6.07 Å². The molecule has 1 aromatic heterocycles. The number of aromatic nitrogens is 3. The van der Waals surface area contributed by atoms with E-state index < -0.39 is 0 Å². The SMILES string of the molecule is Fc1ccc(Cn2cnc(C3COCCN3)n2)cc1Br. The summed E-state index contributed by atoms with van der Waals surface area (Å²) < 4.78 is 20.8. The molecule has 20 heavy (non-hydrogen) atoms. The van der Waals surface area contributed by atoms with E-state index in [1.54, 1.807) is 23.1 Å². The van der Waals surface area contributed by atoms with Crippen LogP contribution in [0.1, 0.15) is 17.4 Å². The lowest BCUT2D eigenvalue weighted by Gasteiger charge is -2.20. The van der Waals surface area contributed by atoms with E-state index in [0.29, 0.717) is 17.6 Å². The van der Waals surface area contributed by atoms with E-state index in [1.165, 1.54) is 6.07 Å². The molecular weight excluding hydrogens is 327 g/mol. The van der Waals surface area contributed by atoms with Crippen LogP contribution < -0.4 is 5.32 Å². The van der Waals surface area contributed by atoms with Gasteiger partial charge in [0.1, 0.15) is 12.1 Å². The molecule has 0 bridgehead atoms. The van der Waals surface area contributed by atoms with Crippen molar-refractivity contribution in [1.82, 2.24) is 20.1 Å². The van der Waals surface area contributed by atoms with Crippen molar-refractivity contribution >= 4 is 15.9 Å². The van der Waals surface area contributed by atoms with Gasteiger partial charge in [-0.2, -0.15) is 5.10 Å². The summed E-state index contributed by atoms with van der Waals surface area (Å²) in [5.41, 5.74) is 0.961. The predicted molar refractivity (Wildman–Crippen MR) is 74.8 cm³/mol. The third-order valence-corrected chi connectivity index (χ3v) is 3.72. The van der Waals surface area contributed by atoms with Gasteiger partial charge in [-0.25, -0.2) is 14.1 Å². The number of nitrogens with zero attached hydrogens (tertiary/aromatic N) is 3. The number of nitrogens with one attached hydrogen (secondary N) is 1. The molecule has 1 aliphatic rings. The second kappa shape index (κ2) is 5.99. The van der Waals surface area contributed by atoms with Gasteiger partial charge >= 0.3 is 0 Å². The Morgan fingerprint density at radius 3 is 3.15 bits per heavy atom. The van der Waals surface area contributed by atoms with Crippen LogP contribution in [-0.2, 0) is 11.3 Å². The van der Waals surface area contributed by atoms with E-state index in [0.717, 1.165) is 24.5 Å². The molecule has 1 aromatic carbocycles. The number of benzene rings is 1. The first-order valence-corrected chi connectivity index (χ1v) is 7.16.